The number of aryl methyl sites for hydroxylation is 1. The molecule has 70 valence electrons. The second-order valence-electron chi connectivity index (χ2n) is 2.94. The fourth-order valence-corrected chi connectivity index (χ4v) is 1.07. The third-order valence-electron chi connectivity index (χ3n) is 1.85. The smallest absolute Gasteiger partial charge is 0.543 e. The van der Waals surface area contributed by atoms with Crippen LogP contribution in [0.2, 0.25) is 0 Å². The zero-order chi connectivity index (χ0) is 9.68. The molecule has 14 heavy (non-hydrogen) atoms. The van der Waals surface area contributed by atoms with E-state index in [-0.39, 0.29) is 35.3 Å². The summed E-state index contributed by atoms with van der Waals surface area (Å²) in [6.07, 6.45) is 4.78. The van der Waals surface area contributed by atoms with Gasteiger partial charge in [-0.3, -0.25) is 4.98 Å². The molecule has 0 aliphatic carbocycles. The molecule has 0 fully saturated rings. The zero-order valence-electron chi connectivity index (χ0n) is 8.62. The Morgan fingerprint density at radius 3 is 2.64 bits per heavy atom. The molecule has 1 rings (SSSR count). The Morgan fingerprint density at radius 1 is 1.50 bits per heavy atom. The van der Waals surface area contributed by atoms with E-state index in [2.05, 4.69) is 11.9 Å². The molecular weight excluding hydrogens is 189 g/mol. The van der Waals surface area contributed by atoms with Crippen molar-refractivity contribution in [3.8, 4) is 0 Å². The summed E-state index contributed by atoms with van der Waals surface area (Å²) in [7, 11) is 0. The molecule has 3 nitrogen and oxygen atoms in total. The van der Waals surface area contributed by atoms with E-state index in [1.807, 2.05) is 0 Å². The van der Waals surface area contributed by atoms with Crippen LogP contribution in [0.25, 0.3) is 0 Å². The number of carbonyl (C=O) groups is 1. The van der Waals surface area contributed by atoms with Gasteiger partial charge in [-0.05, 0) is 24.5 Å². The van der Waals surface area contributed by atoms with Gasteiger partial charge in [0.25, 0.3) is 0 Å². The number of unbranched alkanes of at least 4 members (excludes halogenated alkanes) is 1. The molecule has 1 aromatic rings. The number of carbonyl (C=O) groups excluding carboxylic acids is 1. The number of aromatic nitrogens is 1. The molecule has 1 heterocycles. The summed E-state index contributed by atoms with van der Waals surface area (Å²) in [5, 5.41) is 10.4. The third-order valence-corrected chi connectivity index (χ3v) is 1.85. The van der Waals surface area contributed by atoms with Crippen LogP contribution in [0.1, 0.15) is 35.8 Å². The number of pyridine rings is 1. The average Bonchev–Trinajstić information content (AvgIpc) is 2.15. The molecule has 0 radical (unpaired) electrons. The van der Waals surface area contributed by atoms with Gasteiger partial charge in [0.05, 0.1) is 11.7 Å². The van der Waals surface area contributed by atoms with E-state index >= 15 is 0 Å². The van der Waals surface area contributed by atoms with E-state index in [1.165, 1.54) is 6.07 Å². The van der Waals surface area contributed by atoms with Crippen molar-refractivity contribution in [2.24, 2.45) is 0 Å². The molecule has 0 saturated carbocycles. The van der Waals surface area contributed by atoms with E-state index < -0.39 is 5.97 Å². The van der Waals surface area contributed by atoms with Crippen molar-refractivity contribution in [1.82, 2.24) is 4.98 Å². The summed E-state index contributed by atoms with van der Waals surface area (Å²) in [6, 6.07) is 3.27. The quantitative estimate of drug-likeness (QED) is 0.519. The van der Waals surface area contributed by atoms with E-state index in [0.29, 0.717) is 0 Å². The Balaban J connectivity index is 0.00000169. The molecule has 0 bridgehead atoms. The first kappa shape index (κ1) is 13.6. The number of carboxylic acids is 1. The van der Waals surface area contributed by atoms with Crippen molar-refractivity contribution in [1.29, 1.82) is 0 Å². The summed E-state index contributed by atoms with van der Waals surface area (Å²) in [5.41, 5.74) is 1.08. The van der Waals surface area contributed by atoms with Gasteiger partial charge in [-0.2, -0.15) is 0 Å². The first-order valence-corrected chi connectivity index (χ1v) is 4.40. The van der Waals surface area contributed by atoms with Crippen LogP contribution in [0.3, 0.4) is 0 Å². The van der Waals surface area contributed by atoms with E-state index in [4.69, 9.17) is 0 Å². The van der Waals surface area contributed by atoms with E-state index in [0.717, 1.165) is 24.8 Å². The molecule has 0 aliphatic rings. The van der Waals surface area contributed by atoms with Crippen LogP contribution in [0.15, 0.2) is 18.3 Å². The van der Waals surface area contributed by atoms with Crippen LogP contribution < -0.4 is 34.7 Å². The van der Waals surface area contributed by atoms with Crippen molar-refractivity contribution in [2.45, 2.75) is 26.2 Å². The van der Waals surface area contributed by atoms with Gasteiger partial charge in [-0.1, -0.05) is 19.4 Å². The van der Waals surface area contributed by atoms with Gasteiger partial charge in [-0.25, -0.2) is 0 Å². The number of nitrogens with zero attached hydrogens (tertiary/aromatic N) is 1. The monoisotopic (exact) mass is 201 g/mol. The molecule has 0 amide bonds. The maximum atomic E-state index is 10.4. The molecule has 0 atom stereocenters. The zero-order valence-corrected chi connectivity index (χ0v) is 10.6. The van der Waals surface area contributed by atoms with Gasteiger partial charge in [0.15, 0.2) is 0 Å². The van der Waals surface area contributed by atoms with Gasteiger partial charge < -0.3 is 9.90 Å². The number of rotatable bonds is 4. The molecule has 0 N–H and O–H groups in total. The van der Waals surface area contributed by atoms with Crippen molar-refractivity contribution >= 4 is 5.97 Å². The van der Waals surface area contributed by atoms with Crippen molar-refractivity contribution in [3.63, 3.8) is 0 Å². The Labute approximate surface area is 106 Å². The minimum Gasteiger partial charge on any atom is -0.543 e. The first-order valence-electron chi connectivity index (χ1n) is 4.40. The topological polar surface area (TPSA) is 53.0 Å². The van der Waals surface area contributed by atoms with E-state index in [1.54, 1.807) is 12.3 Å². The fraction of sp³-hybridized carbons (Fsp3) is 0.400. The maximum Gasteiger partial charge on any atom is 1.00 e. The molecule has 1 aromatic heterocycles. The molecular formula is C10H12NNaO2. The van der Waals surface area contributed by atoms with Crippen molar-refractivity contribution in [3.05, 3.63) is 29.6 Å². The predicted octanol–water partition coefficient (Wildman–Crippen LogP) is -2.21. The summed E-state index contributed by atoms with van der Waals surface area (Å²) in [5.74, 6) is -1.22. The van der Waals surface area contributed by atoms with Crippen LogP contribution in [0.4, 0.5) is 0 Å². The average molecular weight is 201 g/mol. The van der Waals surface area contributed by atoms with Crippen LogP contribution in [0, 0.1) is 0 Å². The molecule has 0 saturated heterocycles. The molecule has 0 spiro atoms. The molecule has 4 heteroatoms. The molecule has 0 aliphatic heterocycles. The normalized spacial score (nSPS) is 9.21. The molecule has 0 unspecified atom stereocenters. The summed E-state index contributed by atoms with van der Waals surface area (Å²) in [6.45, 7) is 2.11. The first-order chi connectivity index (χ1) is 6.24. The summed E-state index contributed by atoms with van der Waals surface area (Å²) in [4.78, 5) is 14.1. The number of hydrogen-bond donors (Lipinski definition) is 0. The van der Waals surface area contributed by atoms with Gasteiger partial charge >= 0.3 is 29.6 Å². The second kappa shape index (κ2) is 6.98. The van der Waals surface area contributed by atoms with Crippen LogP contribution >= 0.6 is 0 Å². The molecule has 0 aromatic carbocycles. The fourth-order valence-electron chi connectivity index (χ4n) is 1.07. The van der Waals surface area contributed by atoms with Crippen molar-refractivity contribution < 1.29 is 39.5 Å². The van der Waals surface area contributed by atoms with Crippen LogP contribution in [-0.2, 0) is 6.42 Å². The third kappa shape index (κ3) is 4.22. The number of hydrogen-bond acceptors (Lipinski definition) is 3. The van der Waals surface area contributed by atoms with Crippen LogP contribution in [-0.4, -0.2) is 11.0 Å². The largest absolute Gasteiger partial charge is 1.00 e. The SMILES string of the molecule is CCCCc1ccc(C(=O)[O-])nc1.[Na+]. The Bertz CT molecular complexity index is 285. The van der Waals surface area contributed by atoms with Gasteiger partial charge in [0.1, 0.15) is 0 Å². The second-order valence-corrected chi connectivity index (χ2v) is 2.94. The number of carboxylic acid groups (broad SMARTS) is 1. The Hall–Kier alpha value is -0.380. The van der Waals surface area contributed by atoms with Gasteiger partial charge in [0, 0.05) is 6.20 Å². The van der Waals surface area contributed by atoms with Crippen molar-refractivity contribution in [2.75, 3.05) is 0 Å². The predicted molar refractivity (Wildman–Crippen MR) is 47.2 cm³/mol. The maximum absolute atomic E-state index is 10.4. The minimum atomic E-state index is -1.22. The summed E-state index contributed by atoms with van der Waals surface area (Å²) >= 11 is 0. The number of aromatic carboxylic acids is 1. The van der Waals surface area contributed by atoms with Gasteiger partial charge in [-0.15, -0.1) is 0 Å². The standard InChI is InChI=1S/C10H13NO2.Na/c1-2-3-4-8-5-6-9(10(12)13)11-7-8;/h5-7H,2-4H2,1H3,(H,12,13);/q;+1/p-1. The van der Waals surface area contributed by atoms with Gasteiger partial charge in [0.2, 0.25) is 0 Å². The Morgan fingerprint density at radius 2 is 2.21 bits per heavy atom. The minimum absolute atomic E-state index is 0. The van der Waals surface area contributed by atoms with Crippen LogP contribution in [0.5, 0.6) is 0 Å². The summed E-state index contributed by atoms with van der Waals surface area (Å²) < 4.78 is 0. The Kier molecular flexibility index (Phi) is 6.79. The van der Waals surface area contributed by atoms with E-state index in [9.17, 15) is 9.90 Å².